The third-order valence-corrected chi connectivity index (χ3v) is 7.16. The summed E-state index contributed by atoms with van der Waals surface area (Å²) in [5.74, 6) is 6.39. The van der Waals surface area contributed by atoms with Crippen LogP contribution in [0.25, 0.3) is 0 Å². The van der Waals surface area contributed by atoms with Gasteiger partial charge in [0.1, 0.15) is 0 Å². The summed E-state index contributed by atoms with van der Waals surface area (Å²) in [6, 6.07) is 7.34. The first kappa shape index (κ1) is 25.7. The highest BCUT2D eigenvalue weighted by Crippen LogP contribution is 2.18. The van der Waals surface area contributed by atoms with Crippen molar-refractivity contribution in [1.29, 1.82) is 0 Å². The molecule has 1 atom stereocenters. The molecule has 0 radical (unpaired) electrons. The smallest absolute Gasteiger partial charge is 0.211 e. The van der Waals surface area contributed by atoms with Crippen LogP contribution in [0.15, 0.2) is 34.3 Å². The van der Waals surface area contributed by atoms with Gasteiger partial charge in [0.15, 0.2) is 0 Å². The summed E-state index contributed by atoms with van der Waals surface area (Å²) >= 11 is 16.6. The number of benzene rings is 1. The van der Waals surface area contributed by atoms with Gasteiger partial charge in [0.05, 0.1) is 13.1 Å². The van der Waals surface area contributed by atoms with Crippen molar-refractivity contribution in [1.82, 2.24) is 0 Å². The Labute approximate surface area is 180 Å². The van der Waals surface area contributed by atoms with Gasteiger partial charge in [-0.15, -0.1) is 0 Å². The lowest BCUT2D eigenvalue weighted by molar-refractivity contribution is 0.562. The van der Waals surface area contributed by atoms with E-state index in [9.17, 15) is 9.59 Å². The maximum absolute atomic E-state index is 9.87. The number of rotatable bonds is 12. The molecule has 0 aromatic heterocycles. The second-order valence-electron chi connectivity index (χ2n) is 4.83. The van der Waals surface area contributed by atoms with Crippen LogP contribution >= 0.6 is 61.4 Å². The number of thioether (sulfide) groups is 2. The molecule has 0 amide bonds. The molecular weight excluding hydrogens is 425 g/mol. The Bertz CT molecular complexity index is 541. The van der Waals surface area contributed by atoms with Crippen LogP contribution in [-0.2, 0) is 22.7 Å². The minimum absolute atomic E-state index is 0.308. The largest absolute Gasteiger partial charge is 0.235 e. The second-order valence-corrected chi connectivity index (χ2v) is 8.65. The van der Waals surface area contributed by atoms with Gasteiger partial charge in [-0.1, -0.05) is 24.3 Å². The van der Waals surface area contributed by atoms with E-state index in [4.69, 9.17) is 0 Å². The zero-order valence-corrected chi connectivity index (χ0v) is 18.7. The standard InChI is InChI=1S/C10H8N2O2.C7H16S5/c13-7-11-5-9-2-1-3-10(4-9)6-12-8-14;8-1-3-11-6-7(5-10)12-4-2-9/h1-4H,5-6H2;7-10H,1-6H2. The summed E-state index contributed by atoms with van der Waals surface area (Å²) in [5, 5.41) is 0.686. The van der Waals surface area contributed by atoms with E-state index < -0.39 is 0 Å². The molecule has 0 N–H and O–H groups in total. The predicted molar refractivity (Wildman–Crippen MR) is 125 cm³/mol. The number of carbonyl (C=O) groups excluding carboxylic acids is 2. The molecule has 1 unspecified atom stereocenters. The Kier molecular flexibility index (Phi) is 19.3. The van der Waals surface area contributed by atoms with Gasteiger partial charge in [-0.3, -0.25) is 0 Å². The number of aliphatic imine (C=N–C) groups is 2. The number of hydrogen-bond acceptors (Lipinski definition) is 9. The van der Waals surface area contributed by atoms with Gasteiger partial charge in [-0.2, -0.15) is 61.4 Å². The van der Waals surface area contributed by atoms with Crippen LogP contribution in [0.3, 0.4) is 0 Å². The lowest BCUT2D eigenvalue weighted by Gasteiger charge is -2.12. The SMILES string of the molecule is O=C=NCc1cccc(CN=C=O)c1.SCCSCC(CS)SCCS. The monoisotopic (exact) mass is 448 g/mol. The number of thiol groups is 3. The minimum atomic E-state index is 0.308. The van der Waals surface area contributed by atoms with E-state index in [0.717, 1.165) is 39.9 Å². The van der Waals surface area contributed by atoms with Crippen LogP contribution in [0.5, 0.6) is 0 Å². The third kappa shape index (κ3) is 14.9. The lowest BCUT2D eigenvalue weighted by atomic mass is 10.1. The van der Waals surface area contributed by atoms with Gasteiger partial charge in [0.25, 0.3) is 0 Å². The fraction of sp³-hybridized carbons (Fsp3) is 0.529. The molecule has 1 aromatic rings. The summed E-state index contributed by atoms with van der Waals surface area (Å²) in [4.78, 5) is 26.6. The van der Waals surface area contributed by atoms with Crippen molar-refractivity contribution >= 4 is 73.6 Å². The van der Waals surface area contributed by atoms with Crippen LogP contribution in [0.4, 0.5) is 0 Å². The molecule has 4 nitrogen and oxygen atoms in total. The molecule has 0 aliphatic rings. The lowest BCUT2D eigenvalue weighted by Crippen LogP contribution is -2.10. The van der Waals surface area contributed by atoms with Crippen molar-refractivity contribution in [2.24, 2.45) is 9.98 Å². The van der Waals surface area contributed by atoms with Crippen molar-refractivity contribution in [2.75, 3.05) is 34.5 Å². The van der Waals surface area contributed by atoms with Crippen LogP contribution in [-0.4, -0.2) is 51.9 Å². The molecule has 0 aliphatic carbocycles. The molecule has 144 valence electrons. The summed E-state index contributed by atoms with van der Waals surface area (Å²) < 4.78 is 0. The number of isocyanates is 2. The van der Waals surface area contributed by atoms with Crippen molar-refractivity contribution in [2.45, 2.75) is 18.3 Å². The fourth-order valence-electron chi connectivity index (χ4n) is 1.73. The van der Waals surface area contributed by atoms with Crippen LogP contribution < -0.4 is 0 Å². The first-order chi connectivity index (χ1) is 12.7. The molecule has 0 aliphatic heterocycles. The second kappa shape index (κ2) is 19.5. The quantitative estimate of drug-likeness (QED) is 0.196. The van der Waals surface area contributed by atoms with Gasteiger partial charge in [-0.05, 0) is 22.6 Å². The molecule has 0 spiro atoms. The highest BCUT2D eigenvalue weighted by Gasteiger charge is 2.05. The van der Waals surface area contributed by atoms with E-state index in [2.05, 4.69) is 47.9 Å². The van der Waals surface area contributed by atoms with Crippen molar-refractivity contribution in [3.63, 3.8) is 0 Å². The van der Waals surface area contributed by atoms with E-state index >= 15 is 0 Å². The molecule has 0 saturated carbocycles. The Morgan fingerprint density at radius 2 is 1.54 bits per heavy atom. The molecule has 0 saturated heterocycles. The molecular formula is C17H24N2O2S5. The molecule has 1 rings (SSSR count). The average molecular weight is 449 g/mol. The number of nitrogens with zero attached hydrogens (tertiary/aromatic N) is 2. The summed E-state index contributed by atoms with van der Waals surface area (Å²) in [6.45, 7) is 0.615. The first-order valence-electron chi connectivity index (χ1n) is 7.88. The van der Waals surface area contributed by atoms with Gasteiger partial charge >= 0.3 is 0 Å². The van der Waals surface area contributed by atoms with E-state index in [0.29, 0.717) is 18.3 Å². The molecule has 0 heterocycles. The molecule has 0 fully saturated rings. The Morgan fingerprint density at radius 3 is 2.00 bits per heavy atom. The zero-order chi connectivity index (χ0) is 19.5. The maximum Gasteiger partial charge on any atom is 0.235 e. The highest BCUT2D eigenvalue weighted by atomic mass is 32.2. The third-order valence-electron chi connectivity index (χ3n) is 2.83. The van der Waals surface area contributed by atoms with Crippen molar-refractivity contribution < 1.29 is 9.59 Å². The van der Waals surface area contributed by atoms with E-state index in [1.165, 1.54) is 17.9 Å². The number of hydrogen-bond donors (Lipinski definition) is 3. The Hall–Kier alpha value is -0.270. The van der Waals surface area contributed by atoms with Gasteiger partial charge in [0.2, 0.25) is 12.2 Å². The summed E-state index contributed by atoms with van der Waals surface area (Å²) in [6.07, 6.45) is 2.94. The van der Waals surface area contributed by atoms with Crippen molar-refractivity contribution in [3.8, 4) is 0 Å². The Balaban J connectivity index is 0.000000488. The average Bonchev–Trinajstić information content (AvgIpc) is 2.68. The topological polar surface area (TPSA) is 58.9 Å². The summed E-state index contributed by atoms with van der Waals surface area (Å²) in [7, 11) is 0. The van der Waals surface area contributed by atoms with Crippen LogP contribution in [0, 0.1) is 0 Å². The predicted octanol–water partition coefficient (Wildman–Crippen LogP) is 3.97. The van der Waals surface area contributed by atoms with Gasteiger partial charge < -0.3 is 0 Å². The highest BCUT2D eigenvalue weighted by molar-refractivity contribution is 8.04. The normalized spacial score (nSPS) is 10.7. The Morgan fingerprint density at radius 1 is 0.962 bits per heavy atom. The maximum atomic E-state index is 9.87. The molecule has 0 bridgehead atoms. The van der Waals surface area contributed by atoms with Crippen LogP contribution in [0.2, 0.25) is 0 Å². The van der Waals surface area contributed by atoms with Gasteiger partial charge in [0, 0.05) is 28.3 Å². The van der Waals surface area contributed by atoms with Crippen LogP contribution in [0.1, 0.15) is 11.1 Å². The first-order valence-corrected chi connectivity index (χ1v) is 12.0. The minimum Gasteiger partial charge on any atom is -0.211 e. The summed E-state index contributed by atoms with van der Waals surface area (Å²) in [5.41, 5.74) is 1.79. The van der Waals surface area contributed by atoms with E-state index in [-0.39, 0.29) is 0 Å². The molecule has 26 heavy (non-hydrogen) atoms. The van der Waals surface area contributed by atoms with E-state index in [1.54, 1.807) is 0 Å². The molecule has 1 aromatic carbocycles. The molecule has 9 heteroatoms. The van der Waals surface area contributed by atoms with E-state index in [1.807, 2.05) is 47.8 Å². The van der Waals surface area contributed by atoms with Gasteiger partial charge in [-0.25, -0.2) is 19.6 Å². The fourth-order valence-corrected chi connectivity index (χ4v) is 4.94. The van der Waals surface area contributed by atoms with Crippen molar-refractivity contribution in [3.05, 3.63) is 35.4 Å². The zero-order valence-electron chi connectivity index (χ0n) is 14.4.